The Balaban J connectivity index is 1.66. The van der Waals surface area contributed by atoms with Crippen molar-refractivity contribution in [1.29, 1.82) is 0 Å². The minimum atomic E-state index is -0.750. The Hall–Kier alpha value is -2.30. The van der Waals surface area contributed by atoms with E-state index in [-0.39, 0.29) is 23.8 Å². The van der Waals surface area contributed by atoms with E-state index >= 15 is 0 Å². The first-order valence-electron chi connectivity index (χ1n) is 8.48. The Kier molecular flexibility index (Phi) is 4.60. The molecule has 1 saturated carbocycles. The van der Waals surface area contributed by atoms with E-state index in [0.29, 0.717) is 25.7 Å². The van der Waals surface area contributed by atoms with Gasteiger partial charge in [-0.15, -0.1) is 0 Å². The van der Waals surface area contributed by atoms with Crippen molar-refractivity contribution in [2.24, 2.45) is 11.8 Å². The van der Waals surface area contributed by atoms with Gasteiger partial charge >= 0.3 is 5.97 Å². The molecule has 0 radical (unpaired) electrons. The molecule has 5 heteroatoms. The van der Waals surface area contributed by atoms with E-state index in [2.05, 4.69) is 5.32 Å². The Labute approximate surface area is 141 Å². The molecule has 1 atom stereocenters. The molecule has 1 aliphatic carbocycles. The van der Waals surface area contributed by atoms with Gasteiger partial charge in [0.1, 0.15) is 11.3 Å². The highest BCUT2D eigenvalue weighted by Crippen LogP contribution is 2.32. The van der Waals surface area contributed by atoms with E-state index < -0.39 is 5.97 Å². The third kappa shape index (κ3) is 3.16. The van der Waals surface area contributed by atoms with E-state index in [4.69, 9.17) is 9.52 Å². The maximum Gasteiger partial charge on any atom is 0.306 e. The Bertz CT molecular complexity index is 756. The Morgan fingerprint density at radius 1 is 1.17 bits per heavy atom. The van der Waals surface area contributed by atoms with Gasteiger partial charge in [-0.2, -0.15) is 0 Å². The SMILES string of the molecule is Cc1c([C@H](C)NC(=O)C2CCC(C(=O)O)CC2)oc2ccccc12. The molecule has 128 valence electrons. The second kappa shape index (κ2) is 6.67. The van der Waals surface area contributed by atoms with Gasteiger partial charge in [0.15, 0.2) is 0 Å². The number of carbonyl (C=O) groups is 2. The number of furan rings is 1. The summed E-state index contributed by atoms with van der Waals surface area (Å²) in [5.41, 5.74) is 1.88. The lowest BCUT2D eigenvalue weighted by atomic mass is 9.81. The van der Waals surface area contributed by atoms with Crippen LogP contribution in [0, 0.1) is 18.8 Å². The fraction of sp³-hybridized carbons (Fsp3) is 0.474. The lowest BCUT2D eigenvalue weighted by Gasteiger charge is -2.26. The third-order valence-electron chi connectivity index (χ3n) is 5.08. The van der Waals surface area contributed by atoms with Crippen molar-refractivity contribution in [2.75, 3.05) is 0 Å². The number of hydrogen-bond acceptors (Lipinski definition) is 3. The molecule has 1 aromatic carbocycles. The minimum Gasteiger partial charge on any atom is -0.481 e. The van der Waals surface area contributed by atoms with Crippen molar-refractivity contribution in [3.63, 3.8) is 0 Å². The van der Waals surface area contributed by atoms with Crippen LogP contribution in [0.2, 0.25) is 0 Å². The van der Waals surface area contributed by atoms with E-state index in [1.165, 1.54) is 0 Å². The van der Waals surface area contributed by atoms with E-state index in [1.54, 1.807) is 0 Å². The highest BCUT2D eigenvalue weighted by molar-refractivity contribution is 5.83. The van der Waals surface area contributed by atoms with Gasteiger partial charge in [0.25, 0.3) is 0 Å². The van der Waals surface area contributed by atoms with E-state index in [9.17, 15) is 9.59 Å². The number of fused-ring (bicyclic) bond motifs is 1. The van der Waals surface area contributed by atoms with Crippen molar-refractivity contribution in [3.8, 4) is 0 Å². The summed E-state index contributed by atoms with van der Waals surface area (Å²) in [4.78, 5) is 23.5. The first kappa shape index (κ1) is 16.6. The number of nitrogens with one attached hydrogen (secondary N) is 1. The van der Waals surface area contributed by atoms with Gasteiger partial charge < -0.3 is 14.8 Å². The standard InChI is InChI=1S/C19H23NO4/c1-11-15-5-3-4-6-16(15)24-17(11)12(2)20-18(21)13-7-9-14(10-8-13)19(22)23/h3-6,12-14H,7-10H2,1-2H3,(H,20,21)(H,22,23)/t12-,13?,14?/m0/s1. The van der Waals surface area contributed by atoms with Crippen molar-refractivity contribution in [3.05, 3.63) is 35.6 Å². The number of carbonyl (C=O) groups excluding carboxylic acids is 1. The summed E-state index contributed by atoms with van der Waals surface area (Å²) >= 11 is 0. The van der Waals surface area contributed by atoms with Crippen molar-refractivity contribution in [2.45, 2.75) is 45.6 Å². The molecule has 0 aliphatic heterocycles. The number of hydrogen-bond donors (Lipinski definition) is 2. The van der Waals surface area contributed by atoms with Crippen molar-refractivity contribution >= 4 is 22.8 Å². The summed E-state index contributed by atoms with van der Waals surface area (Å²) in [6, 6.07) is 7.63. The highest BCUT2D eigenvalue weighted by atomic mass is 16.4. The number of aliphatic carboxylic acids is 1. The first-order chi connectivity index (χ1) is 11.5. The third-order valence-corrected chi connectivity index (χ3v) is 5.08. The van der Waals surface area contributed by atoms with Crippen LogP contribution in [0.4, 0.5) is 0 Å². The Morgan fingerprint density at radius 2 is 1.79 bits per heavy atom. The second-order valence-electron chi connectivity index (χ2n) is 6.70. The van der Waals surface area contributed by atoms with Gasteiger partial charge in [0, 0.05) is 16.9 Å². The van der Waals surface area contributed by atoms with Gasteiger partial charge in [-0.3, -0.25) is 9.59 Å². The van der Waals surface area contributed by atoms with Gasteiger partial charge in [0.05, 0.1) is 12.0 Å². The number of benzene rings is 1. The van der Waals surface area contributed by atoms with Gasteiger partial charge in [-0.25, -0.2) is 0 Å². The van der Waals surface area contributed by atoms with Crippen LogP contribution < -0.4 is 5.32 Å². The van der Waals surface area contributed by atoms with E-state index in [0.717, 1.165) is 22.3 Å². The summed E-state index contributed by atoms with van der Waals surface area (Å²) in [6.45, 7) is 3.92. The molecule has 1 heterocycles. The molecule has 1 fully saturated rings. The fourth-order valence-corrected chi connectivity index (χ4v) is 3.61. The molecule has 5 nitrogen and oxygen atoms in total. The number of carboxylic acid groups (broad SMARTS) is 1. The van der Waals surface area contributed by atoms with Crippen LogP contribution in [0.1, 0.15) is 50.0 Å². The number of para-hydroxylation sites is 1. The van der Waals surface area contributed by atoms with Gasteiger partial charge in [-0.1, -0.05) is 18.2 Å². The molecule has 0 bridgehead atoms. The van der Waals surface area contributed by atoms with Crippen LogP contribution in [0.3, 0.4) is 0 Å². The maximum atomic E-state index is 12.5. The molecule has 2 N–H and O–H groups in total. The van der Waals surface area contributed by atoms with E-state index in [1.807, 2.05) is 38.1 Å². The number of rotatable bonds is 4. The normalized spacial score (nSPS) is 22.2. The van der Waals surface area contributed by atoms with Crippen LogP contribution in [0.15, 0.2) is 28.7 Å². The summed E-state index contributed by atoms with van der Waals surface area (Å²) < 4.78 is 5.90. The van der Waals surface area contributed by atoms with Crippen LogP contribution in [0.25, 0.3) is 11.0 Å². The molecule has 1 aliphatic rings. The zero-order valence-corrected chi connectivity index (χ0v) is 14.0. The molecule has 1 aromatic heterocycles. The zero-order chi connectivity index (χ0) is 17.3. The monoisotopic (exact) mass is 329 g/mol. The summed E-state index contributed by atoms with van der Waals surface area (Å²) in [7, 11) is 0. The predicted molar refractivity (Wildman–Crippen MR) is 90.6 cm³/mol. The molecular weight excluding hydrogens is 306 g/mol. The molecule has 3 rings (SSSR count). The largest absolute Gasteiger partial charge is 0.481 e. The quantitative estimate of drug-likeness (QED) is 0.894. The van der Waals surface area contributed by atoms with Crippen LogP contribution in [0.5, 0.6) is 0 Å². The zero-order valence-electron chi connectivity index (χ0n) is 14.0. The summed E-state index contributed by atoms with van der Waals surface area (Å²) in [5, 5.41) is 13.1. The molecule has 0 unspecified atom stereocenters. The number of amides is 1. The van der Waals surface area contributed by atoms with Gasteiger partial charge in [0.2, 0.25) is 5.91 Å². The Morgan fingerprint density at radius 3 is 2.42 bits per heavy atom. The molecule has 0 saturated heterocycles. The average Bonchev–Trinajstić information content (AvgIpc) is 2.92. The average molecular weight is 329 g/mol. The molecule has 1 amide bonds. The number of aryl methyl sites for hydroxylation is 1. The fourth-order valence-electron chi connectivity index (χ4n) is 3.61. The molecule has 24 heavy (non-hydrogen) atoms. The minimum absolute atomic E-state index is 0.00815. The summed E-state index contributed by atoms with van der Waals surface area (Å²) in [6.07, 6.45) is 2.42. The molecule has 0 spiro atoms. The van der Waals surface area contributed by atoms with Gasteiger partial charge in [-0.05, 0) is 45.6 Å². The summed E-state index contributed by atoms with van der Waals surface area (Å²) in [5.74, 6) is -0.382. The van der Waals surface area contributed by atoms with Crippen LogP contribution >= 0.6 is 0 Å². The maximum absolute atomic E-state index is 12.5. The topological polar surface area (TPSA) is 79.5 Å². The predicted octanol–water partition coefficient (Wildman–Crippen LogP) is 3.81. The van der Waals surface area contributed by atoms with Crippen LogP contribution in [-0.2, 0) is 9.59 Å². The van der Waals surface area contributed by atoms with Crippen LogP contribution in [-0.4, -0.2) is 17.0 Å². The highest BCUT2D eigenvalue weighted by Gasteiger charge is 2.30. The van der Waals surface area contributed by atoms with Crippen molar-refractivity contribution in [1.82, 2.24) is 5.32 Å². The second-order valence-corrected chi connectivity index (χ2v) is 6.70. The number of carboxylic acids is 1. The van der Waals surface area contributed by atoms with Crippen molar-refractivity contribution < 1.29 is 19.1 Å². The lowest BCUT2D eigenvalue weighted by Crippen LogP contribution is -2.35. The smallest absolute Gasteiger partial charge is 0.306 e. The molecular formula is C19H23NO4. The first-order valence-corrected chi connectivity index (χ1v) is 8.48. The molecule has 2 aromatic rings. The lowest BCUT2D eigenvalue weighted by molar-refractivity contribution is -0.144.